The summed E-state index contributed by atoms with van der Waals surface area (Å²) in [7, 11) is 0. The molecule has 0 aliphatic carbocycles. The number of likely N-dealkylation sites (tertiary alicyclic amines) is 1. The van der Waals surface area contributed by atoms with E-state index >= 15 is 0 Å². The lowest BCUT2D eigenvalue weighted by molar-refractivity contribution is -0.125. The summed E-state index contributed by atoms with van der Waals surface area (Å²) in [5, 5.41) is 3.20. The molecule has 30 heavy (non-hydrogen) atoms. The highest BCUT2D eigenvalue weighted by Gasteiger charge is 2.25. The molecule has 2 aliphatic heterocycles. The predicted molar refractivity (Wildman–Crippen MR) is 121 cm³/mol. The van der Waals surface area contributed by atoms with Gasteiger partial charge in [-0.05, 0) is 68.8 Å². The number of hydrogen-bond acceptors (Lipinski definition) is 4. The summed E-state index contributed by atoms with van der Waals surface area (Å²) in [5.41, 5.74) is 2.66. The number of anilines is 1. The van der Waals surface area contributed by atoms with Gasteiger partial charge in [0, 0.05) is 50.2 Å². The van der Waals surface area contributed by atoms with Gasteiger partial charge in [0.1, 0.15) is 0 Å². The van der Waals surface area contributed by atoms with Crippen molar-refractivity contribution < 1.29 is 4.79 Å². The van der Waals surface area contributed by atoms with Crippen molar-refractivity contribution in [1.29, 1.82) is 0 Å². The number of rotatable bonds is 7. The molecule has 2 saturated heterocycles. The minimum Gasteiger partial charge on any atom is -0.371 e. The summed E-state index contributed by atoms with van der Waals surface area (Å²) in [6.07, 6.45) is 9.24. The first kappa shape index (κ1) is 20.9. The lowest BCUT2D eigenvalue weighted by Crippen LogP contribution is -2.44. The van der Waals surface area contributed by atoms with Crippen molar-refractivity contribution in [3.63, 3.8) is 0 Å². The molecule has 0 bridgehead atoms. The molecule has 0 radical (unpaired) electrons. The fourth-order valence-electron chi connectivity index (χ4n) is 4.80. The van der Waals surface area contributed by atoms with Crippen LogP contribution in [-0.4, -0.2) is 55.1 Å². The largest absolute Gasteiger partial charge is 0.371 e. The van der Waals surface area contributed by atoms with Crippen molar-refractivity contribution in [2.75, 3.05) is 44.2 Å². The molecule has 0 spiro atoms. The topological polar surface area (TPSA) is 48.5 Å². The summed E-state index contributed by atoms with van der Waals surface area (Å²) in [6, 6.07) is 14.9. The van der Waals surface area contributed by atoms with Gasteiger partial charge in [-0.1, -0.05) is 30.3 Å². The van der Waals surface area contributed by atoms with Crippen molar-refractivity contribution in [3.8, 4) is 0 Å². The standard InChI is InChI=1S/C25H34N4O/c30-25(23-10-17-29(18-11-23)24-6-12-26-13-7-24)27-14-19-28-15-8-22(9-16-28)20-21-4-2-1-3-5-21/h1-7,12-13,22-23H,8-11,14-20H2,(H,27,30). The van der Waals surface area contributed by atoms with E-state index < -0.39 is 0 Å². The second kappa shape index (κ2) is 10.6. The SMILES string of the molecule is O=C(NCCN1CCC(Cc2ccccc2)CC1)C1CCN(c2ccncc2)CC1. The number of nitrogens with zero attached hydrogens (tertiary/aromatic N) is 3. The third-order valence-corrected chi connectivity index (χ3v) is 6.70. The predicted octanol–water partition coefficient (Wildman–Crippen LogP) is 3.37. The van der Waals surface area contributed by atoms with Gasteiger partial charge in [0.2, 0.25) is 5.91 Å². The molecule has 5 nitrogen and oxygen atoms in total. The van der Waals surface area contributed by atoms with E-state index in [1.165, 1.54) is 30.5 Å². The highest BCUT2D eigenvalue weighted by Crippen LogP contribution is 2.23. The van der Waals surface area contributed by atoms with Gasteiger partial charge in [-0.2, -0.15) is 0 Å². The van der Waals surface area contributed by atoms with Crippen molar-refractivity contribution in [2.24, 2.45) is 11.8 Å². The Morgan fingerprint density at radius 1 is 0.933 bits per heavy atom. The number of hydrogen-bond donors (Lipinski definition) is 1. The summed E-state index contributed by atoms with van der Waals surface area (Å²) >= 11 is 0. The average molecular weight is 407 g/mol. The molecular formula is C25H34N4O. The van der Waals surface area contributed by atoms with E-state index in [4.69, 9.17) is 0 Å². The fraction of sp³-hybridized carbons (Fsp3) is 0.520. The number of carbonyl (C=O) groups excluding carboxylic acids is 1. The van der Waals surface area contributed by atoms with Crippen molar-refractivity contribution in [2.45, 2.75) is 32.1 Å². The number of amides is 1. The second-order valence-corrected chi connectivity index (χ2v) is 8.73. The Morgan fingerprint density at radius 3 is 2.33 bits per heavy atom. The summed E-state index contributed by atoms with van der Waals surface area (Å²) in [4.78, 5) is 21.5. The van der Waals surface area contributed by atoms with Gasteiger partial charge < -0.3 is 15.1 Å². The third-order valence-electron chi connectivity index (χ3n) is 6.70. The van der Waals surface area contributed by atoms with Gasteiger partial charge in [-0.15, -0.1) is 0 Å². The normalized spacial score (nSPS) is 19.0. The smallest absolute Gasteiger partial charge is 0.223 e. The van der Waals surface area contributed by atoms with E-state index in [1.807, 2.05) is 24.5 Å². The summed E-state index contributed by atoms with van der Waals surface area (Å²) in [5.74, 6) is 1.19. The molecule has 1 N–H and O–H groups in total. The van der Waals surface area contributed by atoms with Crippen LogP contribution in [0.1, 0.15) is 31.2 Å². The molecule has 160 valence electrons. The number of benzene rings is 1. The maximum absolute atomic E-state index is 12.6. The van der Waals surface area contributed by atoms with Gasteiger partial charge in [-0.25, -0.2) is 0 Å². The number of pyridine rings is 1. The van der Waals surface area contributed by atoms with Gasteiger partial charge in [-0.3, -0.25) is 9.78 Å². The van der Waals surface area contributed by atoms with Crippen LogP contribution >= 0.6 is 0 Å². The first-order valence-corrected chi connectivity index (χ1v) is 11.5. The first-order chi connectivity index (χ1) is 14.8. The molecule has 1 aromatic heterocycles. The monoisotopic (exact) mass is 406 g/mol. The van der Waals surface area contributed by atoms with Gasteiger partial charge in [0.25, 0.3) is 0 Å². The van der Waals surface area contributed by atoms with E-state index in [1.54, 1.807) is 0 Å². The first-order valence-electron chi connectivity index (χ1n) is 11.5. The van der Waals surface area contributed by atoms with E-state index in [0.717, 1.165) is 58.0 Å². The molecular weight excluding hydrogens is 372 g/mol. The Hall–Kier alpha value is -2.40. The van der Waals surface area contributed by atoms with Crippen molar-refractivity contribution in [3.05, 3.63) is 60.4 Å². The average Bonchev–Trinajstić information content (AvgIpc) is 2.81. The van der Waals surface area contributed by atoms with Gasteiger partial charge >= 0.3 is 0 Å². The quantitative estimate of drug-likeness (QED) is 0.766. The zero-order valence-electron chi connectivity index (χ0n) is 17.9. The highest BCUT2D eigenvalue weighted by atomic mass is 16.1. The van der Waals surface area contributed by atoms with Crippen LogP contribution in [0.3, 0.4) is 0 Å². The van der Waals surface area contributed by atoms with E-state index in [9.17, 15) is 4.79 Å². The van der Waals surface area contributed by atoms with Crippen LogP contribution in [0.4, 0.5) is 5.69 Å². The van der Waals surface area contributed by atoms with Gasteiger partial charge in [0.05, 0.1) is 0 Å². The molecule has 0 unspecified atom stereocenters. The molecule has 5 heteroatoms. The molecule has 0 atom stereocenters. The molecule has 1 aromatic carbocycles. The molecule has 3 heterocycles. The molecule has 4 rings (SSSR count). The van der Waals surface area contributed by atoms with Crippen molar-refractivity contribution >= 4 is 11.6 Å². The minimum absolute atomic E-state index is 0.152. The van der Waals surface area contributed by atoms with Crippen LogP contribution in [0.5, 0.6) is 0 Å². The van der Waals surface area contributed by atoms with Gasteiger partial charge in [0.15, 0.2) is 0 Å². The highest BCUT2D eigenvalue weighted by molar-refractivity contribution is 5.79. The number of piperidine rings is 2. The van der Waals surface area contributed by atoms with Crippen LogP contribution < -0.4 is 10.2 Å². The van der Waals surface area contributed by atoms with E-state index in [-0.39, 0.29) is 11.8 Å². The van der Waals surface area contributed by atoms with Crippen LogP contribution in [0.15, 0.2) is 54.9 Å². The summed E-state index contributed by atoms with van der Waals surface area (Å²) < 4.78 is 0. The number of nitrogens with one attached hydrogen (secondary N) is 1. The zero-order chi connectivity index (χ0) is 20.6. The number of aromatic nitrogens is 1. The number of carbonyl (C=O) groups is 1. The molecule has 2 aliphatic rings. The Kier molecular flexibility index (Phi) is 7.35. The lowest BCUT2D eigenvalue weighted by atomic mass is 9.90. The Bertz CT molecular complexity index is 766. The van der Waals surface area contributed by atoms with Crippen LogP contribution in [0.25, 0.3) is 0 Å². The molecule has 1 amide bonds. The maximum atomic E-state index is 12.6. The zero-order valence-corrected chi connectivity index (χ0v) is 17.9. The second-order valence-electron chi connectivity index (χ2n) is 8.73. The Morgan fingerprint density at radius 2 is 1.63 bits per heavy atom. The summed E-state index contributed by atoms with van der Waals surface area (Å²) in [6.45, 7) is 5.93. The Balaban J connectivity index is 1.11. The third kappa shape index (κ3) is 5.82. The van der Waals surface area contributed by atoms with Crippen LogP contribution in [0, 0.1) is 11.8 Å². The van der Waals surface area contributed by atoms with E-state index in [2.05, 4.69) is 50.4 Å². The Labute approximate surface area is 180 Å². The lowest BCUT2D eigenvalue weighted by Gasteiger charge is -2.34. The maximum Gasteiger partial charge on any atom is 0.223 e. The minimum atomic E-state index is 0.152. The van der Waals surface area contributed by atoms with Crippen molar-refractivity contribution in [1.82, 2.24) is 15.2 Å². The fourth-order valence-corrected chi connectivity index (χ4v) is 4.80. The van der Waals surface area contributed by atoms with E-state index in [0.29, 0.717) is 0 Å². The molecule has 0 saturated carbocycles. The van der Waals surface area contributed by atoms with Crippen LogP contribution in [0.2, 0.25) is 0 Å². The van der Waals surface area contributed by atoms with Crippen LogP contribution in [-0.2, 0) is 11.2 Å². The molecule has 2 aromatic rings. The molecule has 2 fully saturated rings.